The Hall–Kier alpha value is -1.91. The summed E-state index contributed by atoms with van der Waals surface area (Å²) in [4.78, 5) is 30.4. The van der Waals surface area contributed by atoms with E-state index < -0.39 is 0 Å². The average Bonchev–Trinajstić information content (AvgIpc) is 2.52. The van der Waals surface area contributed by atoms with Crippen LogP contribution in [0.25, 0.3) is 0 Å². The molecule has 1 aromatic heterocycles. The number of likely N-dealkylation sites (tertiary alicyclic amines) is 1. The maximum Gasteiger partial charge on any atom is 0.272 e. The number of carbonyl (C=O) groups excluding carboxylic acids is 2. The predicted octanol–water partition coefficient (Wildman–Crippen LogP) is 2.09. The van der Waals surface area contributed by atoms with Crippen molar-refractivity contribution in [2.45, 2.75) is 33.1 Å². The Labute approximate surface area is 125 Å². The lowest BCUT2D eigenvalue weighted by Gasteiger charge is -2.30. The van der Waals surface area contributed by atoms with Crippen LogP contribution < -0.4 is 5.32 Å². The van der Waals surface area contributed by atoms with E-state index in [1.165, 1.54) is 6.20 Å². The van der Waals surface area contributed by atoms with Crippen molar-refractivity contribution in [3.8, 4) is 0 Å². The minimum atomic E-state index is -0.152. The predicted molar refractivity (Wildman–Crippen MR) is 81.2 cm³/mol. The van der Waals surface area contributed by atoms with Crippen LogP contribution >= 0.6 is 0 Å². The quantitative estimate of drug-likeness (QED) is 0.923. The van der Waals surface area contributed by atoms with Crippen molar-refractivity contribution < 1.29 is 9.59 Å². The molecule has 0 aromatic carbocycles. The van der Waals surface area contributed by atoms with Gasteiger partial charge < -0.3 is 10.2 Å². The van der Waals surface area contributed by atoms with Gasteiger partial charge in [0.05, 0.1) is 0 Å². The molecule has 1 unspecified atom stereocenters. The van der Waals surface area contributed by atoms with Gasteiger partial charge in [-0.3, -0.25) is 14.6 Å². The highest BCUT2D eigenvalue weighted by molar-refractivity contribution is 5.98. The Kier molecular flexibility index (Phi) is 5.31. The monoisotopic (exact) mass is 289 g/mol. The van der Waals surface area contributed by atoms with Crippen LogP contribution in [0.2, 0.25) is 0 Å². The lowest BCUT2D eigenvalue weighted by Crippen LogP contribution is -2.39. The van der Waals surface area contributed by atoms with Crippen molar-refractivity contribution in [1.82, 2.24) is 15.2 Å². The number of aromatic nitrogens is 1. The summed E-state index contributed by atoms with van der Waals surface area (Å²) in [7, 11) is 0. The first-order valence-electron chi connectivity index (χ1n) is 7.65. The SMILES string of the molecule is CCCNC(=O)c1ccnc(C(=O)N2CCCC(C)C2)c1. The molecule has 2 amide bonds. The molecule has 5 heteroatoms. The number of nitrogens with one attached hydrogen (secondary N) is 1. The average molecular weight is 289 g/mol. The van der Waals surface area contributed by atoms with Crippen molar-refractivity contribution in [2.75, 3.05) is 19.6 Å². The molecule has 1 fully saturated rings. The first kappa shape index (κ1) is 15.5. The second kappa shape index (κ2) is 7.20. The second-order valence-electron chi connectivity index (χ2n) is 5.68. The molecule has 2 heterocycles. The summed E-state index contributed by atoms with van der Waals surface area (Å²) < 4.78 is 0. The molecule has 114 valence electrons. The van der Waals surface area contributed by atoms with Crippen LogP contribution in [0.3, 0.4) is 0 Å². The summed E-state index contributed by atoms with van der Waals surface area (Å²) in [5.41, 5.74) is 0.847. The standard InChI is InChI=1S/C16H23N3O2/c1-3-7-18-15(20)13-6-8-17-14(10-13)16(21)19-9-4-5-12(2)11-19/h6,8,10,12H,3-5,7,9,11H2,1-2H3,(H,18,20). The Balaban J connectivity index is 2.09. The molecule has 0 saturated carbocycles. The summed E-state index contributed by atoms with van der Waals surface area (Å²) in [6, 6.07) is 3.23. The fourth-order valence-electron chi connectivity index (χ4n) is 2.57. The normalized spacial score (nSPS) is 18.4. The van der Waals surface area contributed by atoms with Crippen LogP contribution in [-0.4, -0.2) is 41.3 Å². The number of hydrogen-bond donors (Lipinski definition) is 1. The highest BCUT2D eigenvalue weighted by Gasteiger charge is 2.23. The van der Waals surface area contributed by atoms with E-state index >= 15 is 0 Å². The van der Waals surface area contributed by atoms with E-state index in [0.29, 0.717) is 23.7 Å². The number of piperidine rings is 1. The van der Waals surface area contributed by atoms with Gasteiger partial charge in [-0.05, 0) is 37.3 Å². The summed E-state index contributed by atoms with van der Waals surface area (Å²) in [6.45, 7) is 6.33. The summed E-state index contributed by atoms with van der Waals surface area (Å²) >= 11 is 0. The van der Waals surface area contributed by atoms with Gasteiger partial charge in [0.15, 0.2) is 0 Å². The summed E-state index contributed by atoms with van der Waals surface area (Å²) in [5.74, 6) is 0.297. The minimum absolute atomic E-state index is 0.0771. The molecule has 1 aliphatic heterocycles. The van der Waals surface area contributed by atoms with E-state index in [-0.39, 0.29) is 11.8 Å². The lowest BCUT2D eigenvalue weighted by atomic mass is 10.00. The summed E-state index contributed by atoms with van der Waals surface area (Å²) in [6.07, 6.45) is 4.61. The minimum Gasteiger partial charge on any atom is -0.352 e. The number of hydrogen-bond acceptors (Lipinski definition) is 3. The number of pyridine rings is 1. The third kappa shape index (κ3) is 4.03. The van der Waals surface area contributed by atoms with E-state index in [1.54, 1.807) is 12.1 Å². The van der Waals surface area contributed by atoms with Crippen molar-refractivity contribution in [1.29, 1.82) is 0 Å². The highest BCUT2D eigenvalue weighted by atomic mass is 16.2. The molecule has 5 nitrogen and oxygen atoms in total. The zero-order chi connectivity index (χ0) is 15.2. The lowest BCUT2D eigenvalue weighted by molar-refractivity contribution is 0.0677. The van der Waals surface area contributed by atoms with E-state index in [9.17, 15) is 9.59 Å². The largest absolute Gasteiger partial charge is 0.352 e. The molecule has 1 N–H and O–H groups in total. The Morgan fingerprint density at radius 2 is 2.29 bits per heavy atom. The van der Waals surface area contributed by atoms with Gasteiger partial charge in [-0.15, -0.1) is 0 Å². The first-order chi connectivity index (χ1) is 10.1. The molecule has 0 spiro atoms. The smallest absolute Gasteiger partial charge is 0.272 e. The molecule has 1 aromatic rings. The zero-order valence-electron chi connectivity index (χ0n) is 12.8. The fourth-order valence-corrected chi connectivity index (χ4v) is 2.57. The Morgan fingerprint density at radius 1 is 1.48 bits per heavy atom. The molecule has 21 heavy (non-hydrogen) atoms. The van der Waals surface area contributed by atoms with Gasteiger partial charge in [0.25, 0.3) is 11.8 Å². The van der Waals surface area contributed by atoms with Crippen molar-refractivity contribution >= 4 is 11.8 Å². The van der Waals surface area contributed by atoms with Crippen LogP contribution in [0.5, 0.6) is 0 Å². The first-order valence-corrected chi connectivity index (χ1v) is 7.65. The molecular weight excluding hydrogens is 266 g/mol. The molecule has 1 atom stereocenters. The van der Waals surface area contributed by atoms with Crippen molar-refractivity contribution in [3.63, 3.8) is 0 Å². The van der Waals surface area contributed by atoms with E-state index in [1.807, 2.05) is 11.8 Å². The van der Waals surface area contributed by atoms with Crippen LogP contribution in [-0.2, 0) is 0 Å². The van der Waals surface area contributed by atoms with E-state index in [0.717, 1.165) is 32.4 Å². The number of carbonyl (C=O) groups is 2. The van der Waals surface area contributed by atoms with E-state index in [4.69, 9.17) is 0 Å². The van der Waals surface area contributed by atoms with Gasteiger partial charge in [-0.2, -0.15) is 0 Å². The van der Waals surface area contributed by atoms with Gasteiger partial charge in [-0.25, -0.2) is 0 Å². The Morgan fingerprint density at radius 3 is 3.00 bits per heavy atom. The van der Waals surface area contributed by atoms with Gasteiger partial charge in [0.2, 0.25) is 0 Å². The number of amides is 2. The van der Waals surface area contributed by atoms with Gasteiger partial charge in [-0.1, -0.05) is 13.8 Å². The zero-order valence-corrected chi connectivity index (χ0v) is 12.8. The Bertz CT molecular complexity index is 516. The van der Waals surface area contributed by atoms with Gasteiger partial charge >= 0.3 is 0 Å². The van der Waals surface area contributed by atoms with Gasteiger partial charge in [0, 0.05) is 31.4 Å². The second-order valence-corrected chi connectivity index (χ2v) is 5.68. The van der Waals surface area contributed by atoms with Crippen molar-refractivity contribution in [2.24, 2.45) is 5.92 Å². The fraction of sp³-hybridized carbons (Fsp3) is 0.562. The summed E-state index contributed by atoms with van der Waals surface area (Å²) in [5, 5.41) is 2.81. The van der Waals surface area contributed by atoms with Crippen LogP contribution in [0.1, 0.15) is 54.0 Å². The van der Waals surface area contributed by atoms with Crippen molar-refractivity contribution in [3.05, 3.63) is 29.6 Å². The van der Waals surface area contributed by atoms with Crippen LogP contribution in [0, 0.1) is 5.92 Å². The molecule has 0 aliphatic carbocycles. The number of nitrogens with zero attached hydrogens (tertiary/aromatic N) is 2. The maximum atomic E-state index is 12.5. The molecular formula is C16H23N3O2. The molecule has 1 saturated heterocycles. The van der Waals surface area contributed by atoms with Gasteiger partial charge in [0.1, 0.15) is 5.69 Å². The van der Waals surface area contributed by atoms with E-state index in [2.05, 4.69) is 17.2 Å². The molecule has 1 aliphatic rings. The topological polar surface area (TPSA) is 62.3 Å². The van der Waals surface area contributed by atoms with Crippen LogP contribution in [0.4, 0.5) is 0 Å². The molecule has 2 rings (SSSR count). The molecule has 0 radical (unpaired) electrons. The number of rotatable bonds is 4. The molecule has 0 bridgehead atoms. The third-order valence-electron chi connectivity index (χ3n) is 3.72. The maximum absolute atomic E-state index is 12.5. The van der Waals surface area contributed by atoms with Crippen LogP contribution in [0.15, 0.2) is 18.3 Å². The third-order valence-corrected chi connectivity index (χ3v) is 3.72. The highest BCUT2D eigenvalue weighted by Crippen LogP contribution is 2.17.